The summed E-state index contributed by atoms with van der Waals surface area (Å²) in [5.41, 5.74) is 2.21. The Labute approximate surface area is 126 Å². The van der Waals surface area contributed by atoms with Crippen molar-refractivity contribution < 1.29 is 4.79 Å². The van der Waals surface area contributed by atoms with Gasteiger partial charge in [0.05, 0.1) is 6.42 Å². The van der Waals surface area contributed by atoms with E-state index in [2.05, 4.69) is 24.0 Å². The number of rotatable bonds is 3. The van der Waals surface area contributed by atoms with Gasteiger partial charge in [-0.25, -0.2) is 0 Å². The zero-order valence-corrected chi connectivity index (χ0v) is 12.9. The minimum atomic E-state index is 0.235. The topological polar surface area (TPSA) is 36.1 Å². The first-order valence-electron chi connectivity index (χ1n) is 7.96. The van der Waals surface area contributed by atoms with Gasteiger partial charge in [0.25, 0.3) is 0 Å². The fraction of sp³-hybridized carbons (Fsp3) is 0.500. The van der Waals surface area contributed by atoms with Gasteiger partial charge < -0.3 is 9.88 Å². The lowest BCUT2D eigenvalue weighted by Gasteiger charge is -2.33. The molecule has 1 fully saturated rings. The van der Waals surface area contributed by atoms with E-state index in [4.69, 9.17) is 0 Å². The number of likely N-dealkylation sites (N-methyl/N-ethyl adjacent to an activating group) is 1. The van der Waals surface area contributed by atoms with Crippen LogP contribution < -0.4 is 0 Å². The van der Waals surface area contributed by atoms with Crippen molar-refractivity contribution >= 4 is 16.8 Å². The average Bonchev–Trinajstić information content (AvgIpc) is 2.91. The lowest BCUT2D eigenvalue weighted by molar-refractivity contribution is -0.131. The van der Waals surface area contributed by atoms with Gasteiger partial charge >= 0.3 is 0 Å². The first-order valence-corrected chi connectivity index (χ1v) is 7.96. The Hall–Kier alpha value is -1.77. The molecule has 3 rings (SSSR count). The first kappa shape index (κ1) is 14.2. The molecule has 1 heterocycles. The number of carbonyl (C=O) groups is 1. The maximum atomic E-state index is 12.5. The number of aromatic amines is 1. The third-order valence-corrected chi connectivity index (χ3v) is 4.94. The lowest BCUT2D eigenvalue weighted by Crippen LogP contribution is -2.40. The third kappa shape index (κ3) is 2.97. The minimum Gasteiger partial charge on any atom is -0.361 e. The van der Waals surface area contributed by atoms with E-state index in [1.165, 1.54) is 12.8 Å². The Kier molecular flexibility index (Phi) is 4.00. The quantitative estimate of drug-likeness (QED) is 0.915. The molecule has 0 bridgehead atoms. The van der Waals surface area contributed by atoms with E-state index in [9.17, 15) is 4.79 Å². The van der Waals surface area contributed by atoms with Crippen LogP contribution in [0.5, 0.6) is 0 Å². The SMILES string of the molecule is CC1CCC(N(C)C(=O)Cc2c[nH]c3ccccc23)CC1. The molecular weight excluding hydrogens is 260 g/mol. The molecule has 112 valence electrons. The van der Waals surface area contributed by atoms with Crippen molar-refractivity contribution in [2.45, 2.75) is 45.1 Å². The molecule has 1 saturated carbocycles. The number of para-hydroxylation sites is 1. The molecular formula is C18H24N2O. The number of benzene rings is 1. The predicted molar refractivity (Wildman–Crippen MR) is 86.2 cm³/mol. The monoisotopic (exact) mass is 284 g/mol. The maximum absolute atomic E-state index is 12.5. The van der Waals surface area contributed by atoms with Crippen LogP contribution in [0.1, 0.15) is 38.2 Å². The molecule has 0 saturated heterocycles. The molecule has 1 aromatic carbocycles. The molecule has 1 aromatic heterocycles. The van der Waals surface area contributed by atoms with Crippen LogP contribution in [0, 0.1) is 5.92 Å². The van der Waals surface area contributed by atoms with Gasteiger partial charge in [-0.15, -0.1) is 0 Å². The van der Waals surface area contributed by atoms with Crippen LogP contribution >= 0.6 is 0 Å². The molecule has 2 aromatic rings. The second-order valence-electron chi connectivity index (χ2n) is 6.45. The van der Waals surface area contributed by atoms with Gasteiger partial charge in [0.1, 0.15) is 0 Å². The Morgan fingerprint density at radius 2 is 1.95 bits per heavy atom. The highest BCUT2D eigenvalue weighted by Gasteiger charge is 2.25. The zero-order chi connectivity index (χ0) is 14.8. The van der Waals surface area contributed by atoms with E-state index in [0.29, 0.717) is 12.5 Å². The molecule has 1 N–H and O–H groups in total. The molecule has 0 radical (unpaired) electrons. The summed E-state index contributed by atoms with van der Waals surface area (Å²) in [4.78, 5) is 17.8. The molecule has 0 aliphatic heterocycles. The average molecular weight is 284 g/mol. The molecule has 1 amide bonds. The van der Waals surface area contributed by atoms with E-state index in [0.717, 1.165) is 35.2 Å². The van der Waals surface area contributed by atoms with Crippen LogP contribution in [0.15, 0.2) is 30.5 Å². The van der Waals surface area contributed by atoms with Crippen LogP contribution in [0.2, 0.25) is 0 Å². The van der Waals surface area contributed by atoms with Gasteiger partial charge in [-0.05, 0) is 43.2 Å². The Morgan fingerprint density at radius 3 is 2.71 bits per heavy atom. The number of nitrogens with zero attached hydrogens (tertiary/aromatic N) is 1. The number of carbonyl (C=O) groups excluding carboxylic acids is 1. The summed E-state index contributed by atoms with van der Waals surface area (Å²) in [7, 11) is 1.97. The summed E-state index contributed by atoms with van der Waals surface area (Å²) in [6.07, 6.45) is 7.26. The van der Waals surface area contributed by atoms with Crippen molar-refractivity contribution in [3.05, 3.63) is 36.0 Å². The molecule has 0 spiro atoms. The van der Waals surface area contributed by atoms with Crippen LogP contribution in [0.25, 0.3) is 10.9 Å². The van der Waals surface area contributed by atoms with E-state index in [1.807, 2.05) is 30.3 Å². The highest BCUT2D eigenvalue weighted by molar-refractivity contribution is 5.88. The number of nitrogens with one attached hydrogen (secondary N) is 1. The van der Waals surface area contributed by atoms with Gasteiger partial charge in [-0.1, -0.05) is 25.1 Å². The van der Waals surface area contributed by atoms with E-state index in [1.54, 1.807) is 0 Å². The van der Waals surface area contributed by atoms with Crippen molar-refractivity contribution in [3.8, 4) is 0 Å². The number of H-pyrrole nitrogens is 1. The Balaban J connectivity index is 1.68. The third-order valence-electron chi connectivity index (χ3n) is 4.94. The summed E-state index contributed by atoms with van der Waals surface area (Å²) >= 11 is 0. The van der Waals surface area contributed by atoms with Gasteiger partial charge in [-0.2, -0.15) is 0 Å². The van der Waals surface area contributed by atoms with Crippen LogP contribution in [0.4, 0.5) is 0 Å². The van der Waals surface area contributed by atoms with E-state index in [-0.39, 0.29) is 5.91 Å². The van der Waals surface area contributed by atoms with Crippen molar-refractivity contribution in [1.82, 2.24) is 9.88 Å². The van der Waals surface area contributed by atoms with Crippen LogP contribution in [0.3, 0.4) is 0 Å². The number of fused-ring (bicyclic) bond motifs is 1. The fourth-order valence-electron chi connectivity index (χ4n) is 3.40. The molecule has 21 heavy (non-hydrogen) atoms. The van der Waals surface area contributed by atoms with Crippen LogP contribution in [-0.4, -0.2) is 28.9 Å². The minimum absolute atomic E-state index is 0.235. The summed E-state index contributed by atoms with van der Waals surface area (Å²) in [5, 5.41) is 1.16. The normalized spacial score (nSPS) is 22.4. The summed E-state index contributed by atoms with van der Waals surface area (Å²) in [6.45, 7) is 2.31. The maximum Gasteiger partial charge on any atom is 0.227 e. The van der Waals surface area contributed by atoms with Gasteiger partial charge in [0.2, 0.25) is 5.91 Å². The summed E-state index contributed by atoms with van der Waals surface area (Å²) < 4.78 is 0. The molecule has 3 heteroatoms. The largest absolute Gasteiger partial charge is 0.361 e. The molecule has 3 nitrogen and oxygen atoms in total. The standard InChI is InChI=1S/C18H24N2O/c1-13-7-9-15(10-8-13)20(2)18(21)11-14-12-19-17-6-4-3-5-16(14)17/h3-6,12-13,15,19H,7-11H2,1-2H3. The summed E-state index contributed by atoms with van der Waals surface area (Å²) in [6, 6.07) is 8.60. The zero-order valence-electron chi connectivity index (χ0n) is 12.9. The van der Waals surface area contributed by atoms with Crippen molar-refractivity contribution in [2.75, 3.05) is 7.05 Å². The number of aromatic nitrogens is 1. The van der Waals surface area contributed by atoms with Gasteiger partial charge in [0.15, 0.2) is 0 Å². The van der Waals surface area contributed by atoms with Gasteiger partial charge in [0, 0.05) is 30.2 Å². The highest BCUT2D eigenvalue weighted by Crippen LogP contribution is 2.27. The smallest absolute Gasteiger partial charge is 0.227 e. The van der Waals surface area contributed by atoms with Crippen molar-refractivity contribution in [1.29, 1.82) is 0 Å². The van der Waals surface area contributed by atoms with Crippen molar-refractivity contribution in [2.24, 2.45) is 5.92 Å². The van der Waals surface area contributed by atoms with E-state index >= 15 is 0 Å². The molecule has 0 unspecified atom stereocenters. The van der Waals surface area contributed by atoms with Crippen molar-refractivity contribution in [3.63, 3.8) is 0 Å². The van der Waals surface area contributed by atoms with Gasteiger partial charge in [-0.3, -0.25) is 4.79 Å². The Morgan fingerprint density at radius 1 is 1.24 bits per heavy atom. The second-order valence-corrected chi connectivity index (χ2v) is 6.45. The number of hydrogen-bond acceptors (Lipinski definition) is 1. The molecule has 1 aliphatic rings. The first-order chi connectivity index (χ1) is 10.1. The Bertz CT molecular complexity index is 623. The second kappa shape index (κ2) is 5.92. The van der Waals surface area contributed by atoms with Crippen LogP contribution in [-0.2, 0) is 11.2 Å². The fourth-order valence-corrected chi connectivity index (χ4v) is 3.40. The molecule has 1 aliphatic carbocycles. The number of hydrogen-bond donors (Lipinski definition) is 1. The predicted octanol–water partition coefficient (Wildman–Crippen LogP) is 3.75. The number of amides is 1. The summed E-state index contributed by atoms with van der Waals surface area (Å²) in [5.74, 6) is 1.05. The van der Waals surface area contributed by atoms with E-state index < -0.39 is 0 Å². The molecule has 0 atom stereocenters. The lowest BCUT2D eigenvalue weighted by atomic mass is 9.86. The highest BCUT2D eigenvalue weighted by atomic mass is 16.2.